The van der Waals surface area contributed by atoms with Crippen LogP contribution in [0.4, 0.5) is 17.1 Å². The Bertz CT molecular complexity index is 875. The number of hydrogen-bond acceptors (Lipinski definition) is 5. The topological polar surface area (TPSA) is 100 Å². The smallest absolute Gasteiger partial charge is 0.267 e. The van der Waals surface area contributed by atoms with Crippen LogP contribution in [0, 0.1) is 11.3 Å². The normalized spacial score (nSPS) is 10.7. The van der Waals surface area contributed by atoms with E-state index in [2.05, 4.69) is 10.6 Å². The summed E-state index contributed by atoms with van der Waals surface area (Å²) in [6.07, 6.45) is 1.26. The SMILES string of the molecule is COc1ccc(Cl)cc1N/C=C(/C#N)C(=O)Nc1ccc(N)cc1Cl. The van der Waals surface area contributed by atoms with Crippen molar-refractivity contribution in [3.8, 4) is 11.8 Å². The molecule has 0 aliphatic heterocycles. The number of nitrogens with zero attached hydrogens (tertiary/aromatic N) is 1. The van der Waals surface area contributed by atoms with Gasteiger partial charge >= 0.3 is 0 Å². The van der Waals surface area contributed by atoms with Crippen LogP contribution in [0.2, 0.25) is 10.0 Å². The molecule has 0 saturated carbocycles. The van der Waals surface area contributed by atoms with Crippen LogP contribution in [0.15, 0.2) is 48.2 Å². The van der Waals surface area contributed by atoms with E-state index in [0.717, 1.165) is 0 Å². The molecule has 0 atom stereocenters. The van der Waals surface area contributed by atoms with Gasteiger partial charge in [-0.15, -0.1) is 0 Å². The van der Waals surface area contributed by atoms with Gasteiger partial charge in [0.15, 0.2) is 0 Å². The van der Waals surface area contributed by atoms with Gasteiger partial charge in [0.2, 0.25) is 0 Å². The molecule has 128 valence electrons. The quantitative estimate of drug-likeness (QED) is 0.415. The van der Waals surface area contributed by atoms with Gasteiger partial charge in [0.05, 0.1) is 23.5 Å². The minimum atomic E-state index is -0.623. The van der Waals surface area contributed by atoms with E-state index in [1.807, 2.05) is 6.07 Å². The maximum Gasteiger partial charge on any atom is 0.267 e. The first-order chi connectivity index (χ1) is 11.9. The molecule has 8 heteroatoms. The van der Waals surface area contributed by atoms with Gasteiger partial charge in [0.1, 0.15) is 17.4 Å². The van der Waals surface area contributed by atoms with E-state index in [1.54, 1.807) is 30.3 Å². The number of nitriles is 1. The van der Waals surface area contributed by atoms with Crippen molar-refractivity contribution in [2.24, 2.45) is 0 Å². The lowest BCUT2D eigenvalue weighted by Crippen LogP contribution is -2.15. The van der Waals surface area contributed by atoms with Gasteiger partial charge in [0, 0.05) is 16.9 Å². The van der Waals surface area contributed by atoms with Crippen molar-refractivity contribution >= 4 is 46.2 Å². The number of carbonyl (C=O) groups is 1. The van der Waals surface area contributed by atoms with Crippen LogP contribution in [0.5, 0.6) is 5.75 Å². The molecule has 2 aromatic rings. The zero-order valence-corrected chi connectivity index (χ0v) is 14.7. The first kappa shape index (κ1) is 18.5. The number of anilines is 3. The first-order valence-electron chi connectivity index (χ1n) is 7.01. The van der Waals surface area contributed by atoms with Crippen LogP contribution < -0.4 is 21.1 Å². The maximum absolute atomic E-state index is 12.2. The molecule has 0 unspecified atom stereocenters. The van der Waals surface area contributed by atoms with Gasteiger partial charge in [-0.3, -0.25) is 4.79 Å². The van der Waals surface area contributed by atoms with E-state index in [-0.39, 0.29) is 10.6 Å². The Balaban J connectivity index is 2.18. The van der Waals surface area contributed by atoms with Gasteiger partial charge in [0.25, 0.3) is 5.91 Å². The highest BCUT2D eigenvalue weighted by Crippen LogP contribution is 2.28. The lowest BCUT2D eigenvalue weighted by Gasteiger charge is -2.10. The molecule has 0 aliphatic rings. The fraction of sp³-hybridized carbons (Fsp3) is 0.0588. The molecule has 4 N–H and O–H groups in total. The van der Waals surface area contributed by atoms with E-state index in [9.17, 15) is 10.1 Å². The first-order valence-corrected chi connectivity index (χ1v) is 7.77. The van der Waals surface area contributed by atoms with Crippen molar-refractivity contribution in [1.29, 1.82) is 5.26 Å². The molecule has 0 fully saturated rings. The molecule has 2 rings (SSSR count). The predicted molar refractivity (Wildman–Crippen MR) is 99.8 cm³/mol. The van der Waals surface area contributed by atoms with Gasteiger partial charge < -0.3 is 21.1 Å². The summed E-state index contributed by atoms with van der Waals surface area (Å²) in [5.74, 6) is -0.109. The third-order valence-electron chi connectivity index (χ3n) is 3.14. The zero-order chi connectivity index (χ0) is 18.4. The molecule has 0 spiro atoms. The number of methoxy groups -OCH3 is 1. The van der Waals surface area contributed by atoms with Gasteiger partial charge in [-0.25, -0.2) is 0 Å². The third-order valence-corrected chi connectivity index (χ3v) is 3.69. The summed E-state index contributed by atoms with van der Waals surface area (Å²) in [5, 5.41) is 15.4. The van der Waals surface area contributed by atoms with E-state index in [1.165, 1.54) is 19.4 Å². The number of carbonyl (C=O) groups excluding carboxylic acids is 1. The molecule has 0 bridgehead atoms. The molecule has 0 saturated heterocycles. The van der Waals surface area contributed by atoms with Crippen molar-refractivity contribution in [2.75, 3.05) is 23.5 Å². The Kier molecular flexibility index (Phi) is 6.12. The maximum atomic E-state index is 12.2. The lowest BCUT2D eigenvalue weighted by atomic mass is 10.2. The molecular weight excluding hydrogens is 363 g/mol. The van der Waals surface area contributed by atoms with Crippen LogP contribution in [0.1, 0.15) is 0 Å². The summed E-state index contributed by atoms with van der Waals surface area (Å²) < 4.78 is 5.19. The van der Waals surface area contributed by atoms with Crippen LogP contribution >= 0.6 is 23.2 Å². The van der Waals surface area contributed by atoms with Crippen LogP contribution in [0.25, 0.3) is 0 Å². The second-order valence-electron chi connectivity index (χ2n) is 4.85. The lowest BCUT2D eigenvalue weighted by molar-refractivity contribution is -0.112. The zero-order valence-electron chi connectivity index (χ0n) is 13.1. The van der Waals surface area contributed by atoms with Crippen molar-refractivity contribution in [3.05, 3.63) is 58.2 Å². The number of nitrogens with one attached hydrogen (secondary N) is 2. The number of nitrogens with two attached hydrogens (primary N) is 1. The van der Waals surface area contributed by atoms with E-state index in [0.29, 0.717) is 27.8 Å². The average molecular weight is 377 g/mol. The van der Waals surface area contributed by atoms with Gasteiger partial charge in [-0.1, -0.05) is 23.2 Å². The Morgan fingerprint density at radius 1 is 1.24 bits per heavy atom. The van der Waals surface area contributed by atoms with Gasteiger partial charge in [-0.2, -0.15) is 5.26 Å². The molecule has 1 amide bonds. The summed E-state index contributed by atoms with van der Waals surface area (Å²) in [7, 11) is 1.50. The Hall–Kier alpha value is -2.88. The largest absolute Gasteiger partial charge is 0.495 e. The van der Waals surface area contributed by atoms with E-state index >= 15 is 0 Å². The molecular formula is C17H14Cl2N4O2. The second kappa shape index (κ2) is 8.29. The monoisotopic (exact) mass is 376 g/mol. The van der Waals surface area contributed by atoms with Crippen LogP contribution in [0.3, 0.4) is 0 Å². The number of nitrogen functional groups attached to an aromatic ring is 1. The number of ether oxygens (including phenoxy) is 1. The third kappa shape index (κ3) is 4.80. The Morgan fingerprint density at radius 3 is 2.64 bits per heavy atom. The summed E-state index contributed by atoms with van der Waals surface area (Å²) >= 11 is 11.9. The van der Waals surface area contributed by atoms with E-state index in [4.69, 9.17) is 33.7 Å². The minimum Gasteiger partial charge on any atom is -0.495 e. The molecule has 6 nitrogen and oxygen atoms in total. The highest BCUT2D eigenvalue weighted by Gasteiger charge is 2.12. The number of hydrogen-bond donors (Lipinski definition) is 3. The highest BCUT2D eigenvalue weighted by atomic mass is 35.5. The molecule has 2 aromatic carbocycles. The second-order valence-corrected chi connectivity index (χ2v) is 5.70. The molecule has 25 heavy (non-hydrogen) atoms. The average Bonchev–Trinajstić information content (AvgIpc) is 2.58. The van der Waals surface area contributed by atoms with Crippen molar-refractivity contribution in [1.82, 2.24) is 0 Å². The molecule has 0 heterocycles. The summed E-state index contributed by atoms with van der Waals surface area (Å²) in [5.41, 5.74) is 6.78. The summed E-state index contributed by atoms with van der Waals surface area (Å²) in [4.78, 5) is 12.2. The Labute approximate surface area is 154 Å². The number of amides is 1. The molecule has 0 aromatic heterocycles. The number of halogens is 2. The van der Waals surface area contributed by atoms with Gasteiger partial charge in [-0.05, 0) is 36.4 Å². The number of rotatable bonds is 5. The summed E-state index contributed by atoms with van der Waals surface area (Å²) in [6.45, 7) is 0. The van der Waals surface area contributed by atoms with Crippen LogP contribution in [-0.2, 0) is 4.79 Å². The van der Waals surface area contributed by atoms with Crippen molar-refractivity contribution in [3.63, 3.8) is 0 Å². The van der Waals surface area contributed by atoms with Crippen LogP contribution in [-0.4, -0.2) is 13.0 Å². The highest BCUT2D eigenvalue weighted by molar-refractivity contribution is 6.34. The van der Waals surface area contributed by atoms with E-state index < -0.39 is 5.91 Å². The summed E-state index contributed by atoms with van der Waals surface area (Å²) in [6, 6.07) is 11.4. The van der Waals surface area contributed by atoms with Crippen molar-refractivity contribution < 1.29 is 9.53 Å². The molecule has 0 aliphatic carbocycles. The minimum absolute atomic E-state index is 0.157. The standard InChI is InChI=1S/C17H14Cl2N4O2/c1-25-16-5-2-11(18)6-15(16)22-9-10(8-20)17(24)23-14-4-3-12(21)7-13(14)19/h2-7,9,22H,21H2,1H3,(H,23,24)/b10-9-. The Morgan fingerprint density at radius 2 is 2.00 bits per heavy atom. The predicted octanol–water partition coefficient (Wildman–Crippen LogP) is 4.04. The fourth-order valence-corrected chi connectivity index (χ4v) is 2.32. The fourth-order valence-electron chi connectivity index (χ4n) is 1.91. The van der Waals surface area contributed by atoms with Crippen molar-refractivity contribution in [2.45, 2.75) is 0 Å². The number of benzene rings is 2. The molecule has 0 radical (unpaired) electrons.